The molecule has 0 saturated heterocycles. The maximum Gasteiger partial charge on any atom is 0.228 e. The Morgan fingerprint density at radius 3 is 2.76 bits per heavy atom. The van der Waals surface area contributed by atoms with Crippen LogP contribution in [0.2, 0.25) is 0 Å². The van der Waals surface area contributed by atoms with E-state index in [0.717, 1.165) is 5.56 Å². The summed E-state index contributed by atoms with van der Waals surface area (Å²) < 4.78 is 18.2. The summed E-state index contributed by atoms with van der Waals surface area (Å²) in [4.78, 5) is 16.2. The van der Waals surface area contributed by atoms with Crippen molar-refractivity contribution in [2.75, 3.05) is 5.32 Å². The SMILES string of the molecule is Cc1nc2cc(NC(=O)Cc3ccc(F)cc3)ccc2o1. The van der Waals surface area contributed by atoms with Crippen molar-refractivity contribution in [1.82, 2.24) is 4.98 Å². The highest BCUT2D eigenvalue weighted by molar-refractivity contribution is 5.94. The van der Waals surface area contributed by atoms with Gasteiger partial charge in [0.2, 0.25) is 5.91 Å². The summed E-state index contributed by atoms with van der Waals surface area (Å²) in [5.74, 6) is 0.104. The number of amides is 1. The molecule has 0 spiro atoms. The fraction of sp³-hybridized carbons (Fsp3) is 0.125. The Morgan fingerprint density at radius 2 is 2.00 bits per heavy atom. The Morgan fingerprint density at radius 1 is 1.24 bits per heavy atom. The molecule has 2 aromatic carbocycles. The number of hydrogen-bond donors (Lipinski definition) is 1. The van der Waals surface area contributed by atoms with Crippen LogP contribution in [0.5, 0.6) is 0 Å². The molecule has 3 aromatic rings. The number of oxazole rings is 1. The number of carbonyl (C=O) groups is 1. The predicted octanol–water partition coefficient (Wildman–Crippen LogP) is 3.46. The van der Waals surface area contributed by atoms with E-state index in [4.69, 9.17) is 4.42 Å². The van der Waals surface area contributed by atoms with Crippen molar-refractivity contribution < 1.29 is 13.6 Å². The van der Waals surface area contributed by atoms with E-state index in [1.807, 2.05) is 0 Å². The Hall–Kier alpha value is -2.69. The van der Waals surface area contributed by atoms with E-state index in [2.05, 4.69) is 10.3 Å². The van der Waals surface area contributed by atoms with Crippen molar-refractivity contribution in [3.05, 3.63) is 59.7 Å². The number of carbonyl (C=O) groups excluding carboxylic acids is 1. The normalized spacial score (nSPS) is 10.8. The van der Waals surface area contributed by atoms with Crippen molar-refractivity contribution in [2.24, 2.45) is 0 Å². The predicted molar refractivity (Wildman–Crippen MR) is 77.5 cm³/mol. The third kappa shape index (κ3) is 3.08. The van der Waals surface area contributed by atoms with Gasteiger partial charge in [-0.1, -0.05) is 12.1 Å². The maximum atomic E-state index is 12.8. The van der Waals surface area contributed by atoms with Crippen LogP contribution in [0, 0.1) is 12.7 Å². The molecule has 21 heavy (non-hydrogen) atoms. The molecule has 1 heterocycles. The van der Waals surface area contributed by atoms with Crippen LogP contribution in [0.3, 0.4) is 0 Å². The zero-order chi connectivity index (χ0) is 14.8. The number of fused-ring (bicyclic) bond motifs is 1. The van der Waals surface area contributed by atoms with Gasteiger partial charge in [0.15, 0.2) is 11.5 Å². The molecule has 0 unspecified atom stereocenters. The molecule has 5 heteroatoms. The molecular formula is C16H13FN2O2. The molecule has 0 aliphatic carbocycles. The van der Waals surface area contributed by atoms with E-state index >= 15 is 0 Å². The minimum atomic E-state index is -0.314. The minimum Gasteiger partial charge on any atom is -0.441 e. The second-order valence-corrected chi connectivity index (χ2v) is 4.77. The fourth-order valence-electron chi connectivity index (χ4n) is 2.11. The molecule has 106 valence electrons. The molecule has 1 N–H and O–H groups in total. The first-order valence-electron chi connectivity index (χ1n) is 6.52. The third-order valence-corrected chi connectivity index (χ3v) is 3.06. The molecule has 4 nitrogen and oxygen atoms in total. The number of nitrogens with one attached hydrogen (secondary N) is 1. The molecule has 0 radical (unpaired) electrons. The topological polar surface area (TPSA) is 55.1 Å². The van der Waals surface area contributed by atoms with Gasteiger partial charge >= 0.3 is 0 Å². The highest BCUT2D eigenvalue weighted by Crippen LogP contribution is 2.19. The summed E-state index contributed by atoms with van der Waals surface area (Å²) in [6, 6.07) is 11.2. The second kappa shape index (κ2) is 5.36. The number of aryl methyl sites for hydroxylation is 1. The van der Waals surface area contributed by atoms with Gasteiger partial charge in [-0.05, 0) is 35.9 Å². The average molecular weight is 284 g/mol. The van der Waals surface area contributed by atoms with E-state index in [1.165, 1.54) is 12.1 Å². The van der Waals surface area contributed by atoms with Crippen LogP contribution in [-0.4, -0.2) is 10.9 Å². The first-order chi connectivity index (χ1) is 10.1. The number of nitrogens with zero attached hydrogens (tertiary/aromatic N) is 1. The molecule has 0 atom stereocenters. The van der Waals surface area contributed by atoms with Gasteiger partial charge in [0, 0.05) is 12.6 Å². The Balaban J connectivity index is 1.71. The Kier molecular flexibility index (Phi) is 3.39. The lowest BCUT2D eigenvalue weighted by Gasteiger charge is -2.05. The van der Waals surface area contributed by atoms with Gasteiger partial charge in [-0.2, -0.15) is 0 Å². The lowest BCUT2D eigenvalue weighted by Crippen LogP contribution is -2.14. The molecule has 1 amide bonds. The molecule has 3 rings (SSSR count). The standard InChI is InChI=1S/C16H13FN2O2/c1-10-18-14-9-13(6-7-15(14)21-10)19-16(20)8-11-2-4-12(17)5-3-11/h2-7,9H,8H2,1H3,(H,19,20). The zero-order valence-corrected chi connectivity index (χ0v) is 11.4. The lowest BCUT2D eigenvalue weighted by atomic mass is 10.1. The van der Waals surface area contributed by atoms with Gasteiger partial charge in [-0.3, -0.25) is 4.79 Å². The molecule has 0 aliphatic heterocycles. The second-order valence-electron chi connectivity index (χ2n) is 4.77. The van der Waals surface area contributed by atoms with Crippen LogP contribution < -0.4 is 5.32 Å². The molecule has 0 saturated carbocycles. The highest BCUT2D eigenvalue weighted by atomic mass is 19.1. The summed E-state index contributed by atoms with van der Waals surface area (Å²) in [7, 11) is 0. The van der Waals surface area contributed by atoms with Crippen LogP contribution in [0.15, 0.2) is 46.9 Å². The Labute approximate surface area is 120 Å². The summed E-state index contributed by atoms with van der Waals surface area (Å²) >= 11 is 0. The number of aromatic nitrogens is 1. The van der Waals surface area contributed by atoms with Crippen molar-refractivity contribution in [3.63, 3.8) is 0 Å². The van der Waals surface area contributed by atoms with Gasteiger partial charge in [-0.15, -0.1) is 0 Å². The van der Waals surface area contributed by atoms with E-state index < -0.39 is 0 Å². The number of hydrogen-bond acceptors (Lipinski definition) is 3. The first-order valence-corrected chi connectivity index (χ1v) is 6.52. The largest absolute Gasteiger partial charge is 0.441 e. The summed E-state index contributed by atoms with van der Waals surface area (Å²) in [5.41, 5.74) is 2.80. The van der Waals surface area contributed by atoms with Gasteiger partial charge in [0.1, 0.15) is 11.3 Å². The molecular weight excluding hydrogens is 271 g/mol. The van der Waals surface area contributed by atoms with Crippen molar-refractivity contribution in [2.45, 2.75) is 13.3 Å². The summed E-state index contributed by atoms with van der Waals surface area (Å²) in [6.07, 6.45) is 0.191. The minimum absolute atomic E-state index is 0.166. The van der Waals surface area contributed by atoms with E-state index in [-0.39, 0.29) is 18.1 Å². The molecule has 0 bridgehead atoms. The fourth-order valence-corrected chi connectivity index (χ4v) is 2.11. The number of anilines is 1. The number of halogens is 1. The van der Waals surface area contributed by atoms with Crippen LogP contribution in [-0.2, 0) is 11.2 Å². The number of rotatable bonds is 3. The lowest BCUT2D eigenvalue weighted by molar-refractivity contribution is -0.115. The van der Waals surface area contributed by atoms with Gasteiger partial charge in [0.25, 0.3) is 0 Å². The van der Waals surface area contributed by atoms with Crippen molar-refractivity contribution in [1.29, 1.82) is 0 Å². The average Bonchev–Trinajstić information content (AvgIpc) is 2.80. The van der Waals surface area contributed by atoms with E-state index in [9.17, 15) is 9.18 Å². The highest BCUT2D eigenvalue weighted by Gasteiger charge is 2.07. The summed E-state index contributed by atoms with van der Waals surface area (Å²) in [5, 5.41) is 2.79. The van der Waals surface area contributed by atoms with Gasteiger partial charge in [0.05, 0.1) is 6.42 Å². The molecule has 0 fully saturated rings. The van der Waals surface area contributed by atoms with E-state index in [0.29, 0.717) is 22.7 Å². The third-order valence-electron chi connectivity index (χ3n) is 3.06. The maximum absolute atomic E-state index is 12.8. The van der Waals surface area contributed by atoms with Crippen LogP contribution in [0.25, 0.3) is 11.1 Å². The molecule has 1 aromatic heterocycles. The first kappa shape index (κ1) is 13.3. The van der Waals surface area contributed by atoms with Gasteiger partial charge in [-0.25, -0.2) is 9.37 Å². The van der Waals surface area contributed by atoms with Crippen molar-refractivity contribution >= 4 is 22.7 Å². The van der Waals surface area contributed by atoms with Crippen LogP contribution in [0.1, 0.15) is 11.5 Å². The monoisotopic (exact) mass is 284 g/mol. The van der Waals surface area contributed by atoms with Crippen LogP contribution >= 0.6 is 0 Å². The van der Waals surface area contributed by atoms with Crippen LogP contribution in [0.4, 0.5) is 10.1 Å². The van der Waals surface area contributed by atoms with Crippen molar-refractivity contribution in [3.8, 4) is 0 Å². The summed E-state index contributed by atoms with van der Waals surface area (Å²) in [6.45, 7) is 1.77. The number of benzene rings is 2. The smallest absolute Gasteiger partial charge is 0.228 e. The zero-order valence-electron chi connectivity index (χ0n) is 11.4. The quantitative estimate of drug-likeness (QED) is 0.801. The Bertz CT molecular complexity index is 794. The van der Waals surface area contributed by atoms with E-state index in [1.54, 1.807) is 37.3 Å². The molecule has 0 aliphatic rings. The van der Waals surface area contributed by atoms with Gasteiger partial charge < -0.3 is 9.73 Å².